The van der Waals surface area contributed by atoms with Gasteiger partial charge in [-0.2, -0.15) is 5.10 Å². The molecule has 2 aliphatic rings. The van der Waals surface area contributed by atoms with E-state index >= 15 is 0 Å². The maximum Gasteiger partial charge on any atom is 0.415 e. The van der Waals surface area contributed by atoms with Gasteiger partial charge in [-0.25, -0.2) is 9.18 Å². The fourth-order valence-electron chi connectivity index (χ4n) is 3.11. The van der Waals surface area contributed by atoms with Crippen LogP contribution in [0.5, 0.6) is 5.75 Å². The van der Waals surface area contributed by atoms with Crippen LogP contribution in [0.1, 0.15) is 30.0 Å². The van der Waals surface area contributed by atoms with Crippen molar-refractivity contribution in [2.75, 3.05) is 31.1 Å². The van der Waals surface area contributed by atoms with E-state index in [2.05, 4.69) is 15.1 Å². The van der Waals surface area contributed by atoms with Gasteiger partial charge in [-0.3, -0.25) is 0 Å². The maximum atomic E-state index is 14.2. The number of carbonyl (C=O) groups is 1. The second-order valence-corrected chi connectivity index (χ2v) is 6.84. The molecule has 0 spiro atoms. The van der Waals surface area contributed by atoms with Crippen LogP contribution in [0, 0.1) is 12.7 Å². The zero-order chi connectivity index (χ0) is 18.1. The highest BCUT2D eigenvalue weighted by Gasteiger charge is 2.26. The van der Waals surface area contributed by atoms with Crippen LogP contribution in [0.15, 0.2) is 30.3 Å². The van der Waals surface area contributed by atoms with Crippen LogP contribution in [0.4, 0.5) is 15.0 Å². The van der Waals surface area contributed by atoms with Gasteiger partial charge in [-0.1, -0.05) is 6.07 Å². The zero-order valence-electron chi connectivity index (χ0n) is 14.7. The molecule has 2 aromatic rings. The van der Waals surface area contributed by atoms with Gasteiger partial charge in [0.25, 0.3) is 0 Å². The van der Waals surface area contributed by atoms with Crippen LogP contribution in [-0.2, 0) is 0 Å². The van der Waals surface area contributed by atoms with Crippen LogP contribution >= 0.6 is 0 Å². The van der Waals surface area contributed by atoms with Crippen molar-refractivity contribution in [3.05, 3.63) is 47.4 Å². The highest BCUT2D eigenvalue weighted by molar-refractivity contribution is 5.71. The minimum atomic E-state index is -0.516. The number of ether oxygens (including phenoxy) is 1. The summed E-state index contributed by atoms with van der Waals surface area (Å²) in [6.45, 7) is 4.15. The molecule has 1 aliphatic heterocycles. The van der Waals surface area contributed by atoms with E-state index in [0.29, 0.717) is 32.1 Å². The third-order valence-electron chi connectivity index (χ3n) is 4.85. The van der Waals surface area contributed by atoms with Crippen LogP contribution in [-0.4, -0.2) is 47.4 Å². The minimum Gasteiger partial charge on any atom is -0.407 e. The fraction of sp³-hybridized carbons (Fsp3) is 0.421. The van der Waals surface area contributed by atoms with Crippen LogP contribution in [0.3, 0.4) is 0 Å². The van der Waals surface area contributed by atoms with Crippen molar-refractivity contribution in [3.63, 3.8) is 0 Å². The highest BCUT2D eigenvalue weighted by atomic mass is 19.1. The summed E-state index contributed by atoms with van der Waals surface area (Å²) in [7, 11) is 0. The Morgan fingerprint density at radius 2 is 1.88 bits per heavy atom. The van der Waals surface area contributed by atoms with Crippen LogP contribution < -0.4 is 9.64 Å². The predicted octanol–water partition coefficient (Wildman–Crippen LogP) is 3.12. The topological polar surface area (TPSA) is 58.6 Å². The van der Waals surface area contributed by atoms with Gasteiger partial charge >= 0.3 is 6.09 Å². The molecular weight excluding hydrogens is 335 g/mol. The molecule has 7 heteroatoms. The lowest BCUT2D eigenvalue weighted by Gasteiger charge is -2.34. The van der Waals surface area contributed by atoms with Gasteiger partial charge in [0.2, 0.25) is 0 Å². The number of hydrogen-bond acceptors (Lipinski definition) is 5. The zero-order valence-corrected chi connectivity index (χ0v) is 14.7. The Kier molecular flexibility index (Phi) is 4.44. The predicted molar refractivity (Wildman–Crippen MR) is 95.0 cm³/mol. The first-order chi connectivity index (χ1) is 12.6. The van der Waals surface area contributed by atoms with Crippen molar-refractivity contribution in [1.29, 1.82) is 0 Å². The van der Waals surface area contributed by atoms with E-state index in [1.54, 1.807) is 11.0 Å². The van der Waals surface area contributed by atoms with E-state index in [0.717, 1.165) is 29.9 Å². The SMILES string of the molecule is Cc1ccc(N2CCN(C(=O)Oc3ccc(C4CC4)cc3F)CC2)nn1. The fourth-order valence-corrected chi connectivity index (χ4v) is 3.11. The monoisotopic (exact) mass is 356 g/mol. The summed E-state index contributed by atoms with van der Waals surface area (Å²) in [5.41, 5.74) is 1.85. The number of carbonyl (C=O) groups excluding carboxylic acids is 1. The minimum absolute atomic E-state index is 0.00812. The van der Waals surface area contributed by atoms with Gasteiger partial charge < -0.3 is 14.5 Å². The molecule has 2 heterocycles. The Bertz CT molecular complexity index is 800. The lowest BCUT2D eigenvalue weighted by atomic mass is 10.1. The molecule has 1 aromatic heterocycles. The van der Waals surface area contributed by atoms with Gasteiger partial charge in [0, 0.05) is 26.2 Å². The molecule has 0 unspecified atom stereocenters. The van der Waals surface area contributed by atoms with E-state index in [1.165, 1.54) is 6.07 Å². The first kappa shape index (κ1) is 16.8. The van der Waals surface area contributed by atoms with Crippen molar-refractivity contribution in [3.8, 4) is 5.75 Å². The first-order valence-electron chi connectivity index (χ1n) is 8.91. The molecular formula is C19H21FN4O2. The number of hydrogen-bond donors (Lipinski definition) is 0. The molecule has 1 amide bonds. The highest BCUT2D eigenvalue weighted by Crippen LogP contribution is 2.41. The number of benzene rings is 1. The smallest absolute Gasteiger partial charge is 0.407 e. The molecule has 136 valence electrons. The standard InChI is InChI=1S/C19H21FN4O2/c1-13-2-7-18(22-21-13)23-8-10-24(11-9-23)19(25)26-17-6-5-15(12-16(17)20)14-3-4-14/h2,5-7,12,14H,3-4,8-11H2,1H3. The summed E-state index contributed by atoms with van der Waals surface area (Å²) in [6.07, 6.45) is 1.69. The van der Waals surface area contributed by atoms with Gasteiger partial charge in [0.05, 0.1) is 5.69 Å². The summed E-state index contributed by atoms with van der Waals surface area (Å²) in [5.74, 6) is 0.778. The number of rotatable bonds is 3. The number of nitrogens with zero attached hydrogens (tertiary/aromatic N) is 4. The quantitative estimate of drug-likeness (QED) is 0.846. The molecule has 0 atom stereocenters. The van der Waals surface area contributed by atoms with Crippen molar-refractivity contribution in [1.82, 2.24) is 15.1 Å². The second-order valence-electron chi connectivity index (χ2n) is 6.84. The lowest BCUT2D eigenvalue weighted by Crippen LogP contribution is -2.50. The Hall–Kier alpha value is -2.70. The molecule has 26 heavy (non-hydrogen) atoms. The third kappa shape index (κ3) is 3.61. The number of amides is 1. The maximum absolute atomic E-state index is 14.2. The first-order valence-corrected chi connectivity index (χ1v) is 8.91. The van der Waals surface area contributed by atoms with E-state index in [9.17, 15) is 9.18 Å². The average molecular weight is 356 g/mol. The Morgan fingerprint density at radius 1 is 1.12 bits per heavy atom. The van der Waals surface area contributed by atoms with Crippen molar-refractivity contribution >= 4 is 11.9 Å². The van der Waals surface area contributed by atoms with Gasteiger partial charge in [-0.05, 0) is 55.5 Å². The Labute approximate surface area is 151 Å². The third-order valence-corrected chi connectivity index (χ3v) is 4.85. The van der Waals surface area contributed by atoms with Crippen molar-refractivity contribution in [2.24, 2.45) is 0 Å². The summed E-state index contributed by atoms with van der Waals surface area (Å²) in [5, 5.41) is 8.23. The number of aromatic nitrogens is 2. The van der Waals surface area contributed by atoms with Gasteiger partial charge in [-0.15, -0.1) is 5.10 Å². The van der Waals surface area contributed by atoms with E-state index < -0.39 is 11.9 Å². The summed E-state index contributed by atoms with van der Waals surface area (Å²) in [6, 6.07) is 8.72. The number of aryl methyl sites for hydroxylation is 1. The van der Waals surface area contributed by atoms with E-state index in [1.807, 2.05) is 25.1 Å². The van der Waals surface area contributed by atoms with Gasteiger partial charge in [0.15, 0.2) is 17.4 Å². The number of halogens is 1. The molecule has 0 radical (unpaired) electrons. The van der Waals surface area contributed by atoms with E-state index in [-0.39, 0.29) is 5.75 Å². The summed E-state index contributed by atoms with van der Waals surface area (Å²) >= 11 is 0. The van der Waals surface area contributed by atoms with Crippen molar-refractivity contribution in [2.45, 2.75) is 25.7 Å². The molecule has 4 rings (SSSR count). The summed E-state index contributed by atoms with van der Waals surface area (Å²) in [4.78, 5) is 16.0. The Balaban J connectivity index is 1.34. The van der Waals surface area contributed by atoms with Crippen LogP contribution in [0.2, 0.25) is 0 Å². The molecule has 1 aromatic carbocycles. The number of anilines is 1. The normalized spacial score (nSPS) is 17.3. The molecule has 6 nitrogen and oxygen atoms in total. The molecule has 0 bridgehead atoms. The molecule has 2 fully saturated rings. The average Bonchev–Trinajstić information content (AvgIpc) is 3.49. The molecule has 0 N–H and O–H groups in total. The lowest BCUT2D eigenvalue weighted by molar-refractivity contribution is 0.147. The van der Waals surface area contributed by atoms with Gasteiger partial charge in [0.1, 0.15) is 0 Å². The van der Waals surface area contributed by atoms with Crippen molar-refractivity contribution < 1.29 is 13.9 Å². The molecule has 1 saturated carbocycles. The largest absolute Gasteiger partial charge is 0.415 e. The van der Waals surface area contributed by atoms with E-state index in [4.69, 9.17) is 4.74 Å². The molecule has 1 saturated heterocycles. The van der Waals surface area contributed by atoms with Crippen LogP contribution in [0.25, 0.3) is 0 Å². The Morgan fingerprint density at radius 3 is 2.50 bits per heavy atom. The molecule has 1 aliphatic carbocycles. The summed E-state index contributed by atoms with van der Waals surface area (Å²) < 4.78 is 19.4. The second kappa shape index (κ2) is 6.90. The number of piperazine rings is 1.